The van der Waals surface area contributed by atoms with Crippen LogP contribution < -0.4 is 5.32 Å². The van der Waals surface area contributed by atoms with E-state index in [1.165, 1.54) is 7.11 Å². The Morgan fingerprint density at radius 2 is 2.10 bits per heavy atom. The second kappa shape index (κ2) is 6.21. The molecule has 1 aromatic carbocycles. The minimum Gasteiger partial charge on any atom is -0.465 e. The van der Waals surface area contributed by atoms with Gasteiger partial charge in [-0.1, -0.05) is 18.2 Å². The lowest BCUT2D eigenvalue weighted by atomic mass is 10.1. The monoisotopic (exact) mass is 276 g/mol. The number of anilines is 1. The zero-order valence-corrected chi connectivity index (χ0v) is 11.1. The fourth-order valence-electron chi connectivity index (χ4n) is 2.10. The van der Waals surface area contributed by atoms with Crippen molar-refractivity contribution in [1.82, 2.24) is 4.90 Å². The van der Waals surface area contributed by atoms with Crippen molar-refractivity contribution in [2.75, 3.05) is 25.6 Å². The summed E-state index contributed by atoms with van der Waals surface area (Å²) in [7, 11) is 1.53. The van der Waals surface area contributed by atoms with E-state index in [4.69, 9.17) is 9.84 Å². The largest absolute Gasteiger partial charge is 0.465 e. The molecule has 0 saturated carbocycles. The van der Waals surface area contributed by atoms with Gasteiger partial charge in [0.2, 0.25) is 0 Å². The maximum absolute atomic E-state index is 12.0. The Balaban J connectivity index is 2.26. The molecule has 106 valence electrons. The lowest BCUT2D eigenvalue weighted by Gasteiger charge is -2.13. The molecule has 0 bridgehead atoms. The maximum atomic E-state index is 12.0. The summed E-state index contributed by atoms with van der Waals surface area (Å²) in [5, 5.41) is 12.1. The molecular formula is C14H16N2O4. The molecule has 6 nitrogen and oxygen atoms in total. The molecule has 1 aliphatic rings. The lowest BCUT2D eigenvalue weighted by molar-refractivity contribution is -0.123. The summed E-state index contributed by atoms with van der Waals surface area (Å²) in [4.78, 5) is 23.8. The van der Waals surface area contributed by atoms with Gasteiger partial charge < -0.3 is 15.2 Å². The van der Waals surface area contributed by atoms with Crippen LogP contribution in [0.25, 0.3) is 0 Å². The molecule has 1 aliphatic heterocycles. The minimum absolute atomic E-state index is 0.188. The first-order chi connectivity index (χ1) is 9.63. The average molecular weight is 276 g/mol. The number of methoxy groups -OCH3 is 1. The number of carbonyl (C=O) groups excluding carboxylic acids is 1. The van der Waals surface area contributed by atoms with Gasteiger partial charge in [-0.15, -0.1) is 0 Å². The van der Waals surface area contributed by atoms with Crippen LogP contribution >= 0.6 is 0 Å². The van der Waals surface area contributed by atoms with Crippen LogP contribution in [-0.4, -0.2) is 42.3 Å². The SMILES string of the molecule is COC/C(Nc1ccccc1)=C1/CCN(C(=O)O)C1=O. The Kier molecular flexibility index (Phi) is 4.37. The number of rotatable bonds is 4. The molecule has 0 atom stereocenters. The number of carbonyl (C=O) groups is 2. The smallest absolute Gasteiger partial charge is 0.414 e. The van der Waals surface area contributed by atoms with Gasteiger partial charge in [-0.25, -0.2) is 9.69 Å². The zero-order valence-electron chi connectivity index (χ0n) is 11.1. The van der Waals surface area contributed by atoms with Crippen molar-refractivity contribution in [2.45, 2.75) is 6.42 Å². The summed E-state index contributed by atoms with van der Waals surface area (Å²) in [6, 6.07) is 9.37. The number of ether oxygens (including phenoxy) is 1. The van der Waals surface area contributed by atoms with Crippen LogP contribution in [0.5, 0.6) is 0 Å². The zero-order chi connectivity index (χ0) is 14.5. The fraction of sp³-hybridized carbons (Fsp3) is 0.286. The molecule has 0 radical (unpaired) electrons. The van der Waals surface area contributed by atoms with Crippen molar-refractivity contribution in [3.05, 3.63) is 41.6 Å². The van der Waals surface area contributed by atoms with E-state index >= 15 is 0 Å². The summed E-state index contributed by atoms with van der Waals surface area (Å²) < 4.78 is 5.09. The second-order valence-electron chi connectivity index (χ2n) is 4.37. The second-order valence-corrected chi connectivity index (χ2v) is 4.37. The van der Waals surface area contributed by atoms with Crippen LogP contribution in [0.2, 0.25) is 0 Å². The van der Waals surface area contributed by atoms with E-state index in [2.05, 4.69) is 5.32 Å². The van der Waals surface area contributed by atoms with Crippen molar-refractivity contribution < 1.29 is 19.4 Å². The first-order valence-corrected chi connectivity index (χ1v) is 6.21. The molecule has 0 spiro atoms. The van der Waals surface area contributed by atoms with Crippen LogP contribution in [0.4, 0.5) is 10.5 Å². The molecule has 6 heteroatoms. The normalized spacial score (nSPS) is 17.2. The predicted octanol–water partition coefficient (Wildman–Crippen LogP) is 1.91. The number of hydrogen-bond acceptors (Lipinski definition) is 4. The van der Waals surface area contributed by atoms with Gasteiger partial charge >= 0.3 is 6.09 Å². The number of benzene rings is 1. The van der Waals surface area contributed by atoms with Crippen molar-refractivity contribution in [1.29, 1.82) is 0 Å². The van der Waals surface area contributed by atoms with Gasteiger partial charge in [0, 0.05) is 24.9 Å². The van der Waals surface area contributed by atoms with Gasteiger partial charge in [-0.05, 0) is 18.6 Å². The van der Waals surface area contributed by atoms with Gasteiger partial charge in [-0.3, -0.25) is 4.79 Å². The summed E-state index contributed by atoms with van der Waals surface area (Å²) in [6.45, 7) is 0.413. The Bertz CT molecular complexity index is 539. The van der Waals surface area contributed by atoms with Crippen LogP contribution in [0, 0.1) is 0 Å². The Morgan fingerprint density at radius 1 is 1.40 bits per heavy atom. The first-order valence-electron chi connectivity index (χ1n) is 6.21. The molecule has 2 amide bonds. The maximum Gasteiger partial charge on any atom is 0.414 e. The van der Waals surface area contributed by atoms with Crippen LogP contribution in [0.15, 0.2) is 41.6 Å². The van der Waals surface area contributed by atoms with Crippen molar-refractivity contribution in [3.63, 3.8) is 0 Å². The summed E-state index contributed by atoms with van der Waals surface area (Å²) in [5.41, 5.74) is 1.89. The highest BCUT2D eigenvalue weighted by Gasteiger charge is 2.33. The minimum atomic E-state index is -1.22. The molecule has 1 saturated heterocycles. The molecule has 2 N–H and O–H groups in total. The number of para-hydroxylation sites is 1. The van der Waals surface area contributed by atoms with Crippen molar-refractivity contribution in [3.8, 4) is 0 Å². The average Bonchev–Trinajstić information content (AvgIpc) is 2.81. The number of amides is 2. The molecule has 1 aromatic rings. The van der Waals surface area contributed by atoms with E-state index < -0.39 is 12.0 Å². The van der Waals surface area contributed by atoms with Crippen molar-refractivity contribution >= 4 is 17.7 Å². The number of hydrogen-bond donors (Lipinski definition) is 2. The lowest BCUT2D eigenvalue weighted by Crippen LogP contribution is -2.31. The van der Waals surface area contributed by atoms with Gasteiger partial charge in [0.05, 0.1) is 12.3 Å². The third-order valence-corrected chi connectivity index (χ3v) is 3.04. The van der Waals surface area contributed by atoms with E-state index in [0.717, 1.165) is 10.6 Å². The Hall–Kier alpha value is -2.34. The highest BCUT2D eigenvalue weighted by Crippen LogP contribution is 2.22. The predicted molar refractivity (Wildman–Crippen MR) is 73.3 cm³/mol. The molecule has 0 unspecified atom stereocenters. The van der Waals surface area contributed by atoms with Gasteiger partial charge in [-0.2, -0.15) is 0 Å². The third kappa shape index (κ3) is 2.97. The third-order valence-electron chi connectivity index (χ3n) is 3.04. The summed E-state index contributed by atoms with van der Waals surface area (Å²) in [6.07, 6.45) is -0.828. The number of nitrogens with zero attached hydrogens (tertiary/aromatic N) is 1. The van der Waals surface area contributed by atoms with Gasteiger partial charge in [0.25, 0.3) is 5.91 Å². The van der Waals surface area contributed by atoms with Crippen LogP contribution in [-0.2, 0) is 9.53 Å². The number of likely N-dealkylation sites (tertiary alicyclic amines) is 1. The van der Waals surface area contributed by atoms with E-state index in [-0.39, 0.29) is 13.2 Å². The number of imide groups is 1. The van der Waals surface area contributed by atoms with Gasteiger partial charge in [0.1, 0.15) is 0 Å². The van der Waals surface area contributed by atoms with Crippen LogP contribution in [0.3, 0.4) is 0 Å². The Morgan fingerprint density at radius 3 is 2.65 bits per heavy atom. The molecule has 0 aromatic heterocycles. The highest BCUT2D eigenvalue weighted by atomic mass is 16.5. The van der Waals surface area contributed by atoms with Gasteiger partial charge in [0.15, 0.2) is 0 Å². The quantitative estimate of drug-likeness (QED) is 0.821. The number of carboxylic acid groups (broad SMARTS) is 1. The standard InChI is InChI=1S/C14H16N2O4/c1-20-9-12(15-10-5-3-2-4-6-10)11-7-8-16(13(11)17)14(18)19/h2-6,15H,7-9H2,1H3,(H,18,19)/b12-11+. The van der Waals surface area contributed by atoms with E-state index in [0.29, 0.717) is 17.7 Å². The topological polar surface area (TPSA) is 78.9 Å². The molecular weight excluding hydrogens is 260 g/mol. The van der Waals surface area contributed by atoms with E-state index in [1.807, 2.05) is 30.3 Å². The fourth-order valence-corrected chi connectivity index (χ4v) is 2.10. The molecule has 1 fully saturated rings. The molecule has 2 rings (SSSR count). The summed E-state index contributed by atoms with van der Waals surface area (Å²) in [5.74, 6) is -0.479. The molecule has 0 aliphatic carbocycles. The van der Waals surface area contributed by atoms with Crippen molar-refractivity contribution in [2.24, 2.45) is 0 Å². The Labute approximate surface area is 116 Å². The van der Waals surface area contributed by atoms with E-state index in [1.54, 1.807) is 0 Å². The van der Waals surface area contributed by atoms with Crippen LogP contribution in [0.1, 0.15) is 6.42 Å². The summed E-state index contributed by atoms with van der Waals surface area (Å²) >= 11 is 0. The molecule has 1 heterocycles. The number of nitrogens with one attached hydrogen (secondary N) is 1. The van der Waals surface area contributed by atoms with E-state index in [9.17, 15) is 9.59 Å². The first kappa shape index (κ1) is 14.1. The highest BCUT2D eigenvalue weighted by molar-refractivity contribution is 6.04. The molecule has 20 heavy (non-hydrogen) atoms.